The van der Waals surface area contributed by atoms with Crippen molar-refractivity contribution in [3.05, 3.63) is 30.1 Å². The Morgan fingerprint density at radius 3 is 2.79 bits per heavy atom. The molecule has 0 aliphatic carbocycles. The van der Waals surface area contributed by atoms with E-state index in [9.17, 15) is 0 Å². The molecule has 1 aromatic heterocycles. The molecule has 3 nitrogen and oxygen atoms in total. The van der Waals surface area contributed by atoms with Crippen LogP contribution in [-0.2, 0) is 4.74 Å². The second kappa shape index (κ2) is 7.01. The lowest BCUT2D eigenvalue weighted by molar-refractivity contribution is 0.0756. The first-order valence-corrected chi connectivity index (χ1v) is 4.19. The Bertz CT molecular complexity index is 240. The van der Waals surface area contributed by atoms with Crippen LogP contribution in [0.4, 0.5) is 0 Å². The Kier molecular flexibility index (Phi) is 6.83. The molecule has 1 aliphatic heterocycles. The molecule has 1 fully saturated rings. The summed E-state index contributed by atoms with van der Waals surface area (Å²) >= 11 is 0. The fraction of sp³-hybridized carbons (Fsp3) is 0.444. The monoisotopic (exact) mass is 236 g/mol. The summed E-state index contributed by atoms with van der Waals surface area (Å²) in [6.45, 7) is 2.46. The van der Waals surface area contributed by atoms with Crippen molar-refractivity contribution < 1.29 is 4.74 Å². The molecule has 1 aromatic rings. The van der Waals surface area contributed by atoms with Crippen molar-refractivity contribution in [3.63, 3.8) is 0 Å². The molecule has 1 N–H and O–H groups in total. The summed E-state index contributed by atoms with van der Waals surface area (Å²) in [5, 5.41) is 3.35. The summed E-state index contributed by atoms with van der Waals surface area (Å²) in [7, 11) is 0. The zero-order chi connectivity index (χ0) is 8.23. The van der Waals surface area contributed by atoms with E-state index in [0.29, 0.717) is 0 Å². The van der Waals surface area contributed by atoms with Gasteiger partial charge >= 0.3 is 0 Å². The molecular formula is C9H14Cl2N2O. The van der Waals surface area contributed by atoms with Gasteiger partial charge in [-0.25, -0.2) is 0 Å². The van der Waals surface area contributed by atoms with Gasteiger partial charge in [0.1, 0.15) is 0 Å². The maximum atomic E-state index is 5.33. The van der Waals surface area contributed by atoms with E-state index in [2.05, 4.69) is 10.3 Å². The minimum atomic E-state index is 0. The van der Waals surface area contributed by atoms with Crippen LogP contribution < -0.4 is 5.32 Å². The van der Waals surface area contributed by atoms with Crippen LogP contribution in [0.3, 0.4) is 0 Å². The van der Waals surface area contributed by atoms with Crippen molar-refractivity contribution in [1.82, 2.24) is 10.3 Å². The first kappa shape index (κ1) is 13.7. The predicted molar refractivity (Wildman–Crippen MR) is 60.3 cm³/mol. The fourth-order valence-electron chi connectivity index (χ4n) is 1.34. The minimum absolute atomic E-state index is 0. The Morgan fingerprint density at radius 1 is 1.36 bits per heavy atom. The minimum Gasteiger partial charge on any atom is -0.378 e. The number of aromatic nitrogens is 1. The van der Waals surface area contributed by atoms with Gasteiger partial charge in [-0.15, -0.1) is 24.8 Å². The number of hydrogen-bond donors (Lipinski definition) is 1. The highest BCUT2D eigenvalue weighted by Crippen LogP contribution is 2.11. The van der Waals surface area contributed by atoms with E-state index in [0.717, 1.165) is 25.5 Å². The molecule has 5 heteroatoms. The fourth-order valence-corrected chi connectivity index (χ4v) is 1.34. The van der Waals surface area contributed by atoms with Crippen LogP contribution in [0, 0.1) is 0 Å². The quantitative estimate of drug-likeness (QED) is 0.805. The molecule has 1 aliphatic rings. The van der Waals surface area contributed by atoms with Crippen molar-refractivity contribution in [3.8, 4) is 0 Å². The topological polar surface area (TPSA) is 34.1 Å². The molecule has 0 aromatic carbocycles. The molecule has 0 bridgehead atoms. The van der Waals surface area contributed by atoms with E-state index in [1.807, 2.05) is 24.4 Å². The average molecular weight is 237 g/mol. The normalized spacial score (nSPS) is 20.4. The summed E-state index contributed by atoms with van der Waals surface area (Å²) in [5.41, 5.74) is 1.07. The number of nitrogens with one attached hydrogen (secondary N) is 1. The van der Waals surface area contributed by atoms with Gasteiger partial charge in [-0.3, -0.25) is 4.98 Å². The van der Waals surface area contributed by atoms with Crippen molar-refractivity contribution >= 4 is 24.8 Å². The second-order valence-electron chi connectivity index (χ2n) is 2.84. The SMILES string of the molecule is Cl.Cl.c1ccc(C2COCCN2)nc1. The maximum Gasteiger partial charge on any atom is 0.0733 e. The maximum absolute atomic E-state index is 5.33. The van der Waals surface area contributed by atoms with Crippen molar-refractivity contribution in [2.24, 2.45) is 0 Å². The third kappa shape index (κ3) is 3.42. The Morgan fingerprint density at radius 2 is 2.21 bits per heavy atom. The number of halogens is 2. The van der Waals surface area contributed by atoms with Crippen molar-refractivity contribution in [1.29, 1.82) is 0 Å². The first-order valence-electron chi connectivity index (χ1n) is 4.19. The van der Waals surface area contributed by atoms with Gasteiger partial charge in [-0.1, -0.05) is 6.07 Å². The lowest BCUT2D eigenvalue weighted by atomic mass is 10.2. The van der Waals surface area contributed by atoms with Crippen molar-refractivity contribution in [2.45, 2.75) is 6.04 Å². The van der Waals surface area contributed by atoms with Crippen LogP contribution in [0.2, 0.25) is 0 Å². The van der Waals surface area contributed by atoms with Crippen molar-refractivity contribution in [2.75, 3.05) is 19.8 Å². The number of rotatable bonds is 1. The molecular weight excluding hydrogens is 223 g/mol. The van der Waals surface area contributed by atoms with E-state index in [1.54, 1.807) is 0 Å². The molecule has 0 saturated carbocycles. The van der Waals surface area contributed by atoms with Gasteiger partial charge in [0.2, 0.25) is 0 Å². The van der Waals surface area contributed by atoms with Gasteiger partial charge in [-0.2, -0.15) is 0 Å². The smallest absolute Gasteiger partial charge is 0.0733 e. The number of hydrogen-bond acceptors (Lipinski definition) is 3. The molecule has 1 atom stereocenters. The molecule has 80 valence electrons. The van der Waals surface area contributed by atoms with Crippen LogP contribution in [0.25, 0.3) is 0 Å². The van der Waals surface area contributed by atoms with Crippen LogP contribution in [0.15, 0.2) is 24.4 Å². The van der Waals surface area contributed by atoms with E-state index < -0.39 is 0 Å². The van der Waals surface area contributed by atoms with E-state index in [4.69, 9.17) is 4.74 Å². The van der Waals surface area contributed by atoms with E-state index >= 15 is 0 Å². The predicted octanol–water partition coefficient (Wildman–Crippen LogP) is 1.59. The Labute approximate surface area is 96.1 Å². The number of pyridine rings is 1. The lowest BCUT2D eigenvalue weighted by Gasteiger charge is -2.22. The van der Waals surface area contributed by atoms with Gasteiger partial charge in [-0.05, 0) is 12.1 Å². The first-order chi connectivity index (χ1) is 5.97. The molecule has 14 heavy (non-hydrogen) atoms. The molecule has 2 rings (SSSR count). The van der Waals surface area contributed by atoms with E-state index in [1.165, 1.54) is 0 Å². The van der Waals surface area contributed by atoms with E-state index in [-0.39, 0.29) is 30.9 Å². The molecule has 0 amide bonds. The largest absolute Gasteiger partial charge is 0.378 e. The van der Waals surface area contributed by atoms with Crippen LogP contribution in [0.1, 0.15) is 11.7 Å². The number of nitrogens with zero attached hydrogens (tertiary/aromatic N) is 1. The molecule has 0 radical (unpaired) electrons. The lowest BCUT2D eigenvalue weighted by Crippen LogP contribution is -2.34. The summed E-state index contributed by atoms with van der Waals surface area (Å²) in [6, 6.07) is 6.22. The zero-order valence-electron chi connectivity index (χ0n) is 7.68. The van der Waals surface area contributed by atoms with Crippen LogP contribution in [0.5, 0.6) is 0 Å². The summed E-state index contributed by atoms with van der Waals surface area (Å²) in [5.74, 6) is 0. The molecule has 1 saturated heterocycles. The second-order valence-corrected chi connectivity index (χ2v) is 2.84. The third-order valence-electron chi connectivity index (χ3n) is 1.97. The standard InChI is InChI=1S/C9H12N2O.2ClH/c1-2-4-10-8(3-1)9-7-12-6-5-11-9;;/h1-4,9,11H,5-7H2;2*1H. The van der Waals surface area contributed by atoms with Gasteiger partial charge in [0, 0.05) is 12.7 Å². The number of morpholine rings is 1. The highest BCUT2D eigenvalue weighted by Gasteiger charge is 2.15. The summed E-state index contributed by atoms with van der Waals surface area (Å²) in [6.07, 6.45) is 1.81. The zero-order valence-corrected chi connectivity index (χ0v) is 9.31. The van der Waals surface area contributed by atoms with Gasteiger partial charge in [0.05, 0.1) is 24.9 Å². The molecule has 2 heterocycles. The average Bonchev–Trinajstić information content (AvgIpc) is 2.21. The summed E-state index contributed by atoms with van der Waals surface area (Å²) in [4.78, 5) is 4.26. The Hall–Kier alpha value is -0.350. The molecule has 0 spiro atoms. The highest BCUT2D eigenvalue weighted by atomic mass is 35.5. The van der Waals surface area contributed by atoms with Crippen LogP contribution >= 0.6 is 24.8 Å². The summed E-state index contributed by atoms with van der Waals surface area (Å²) < 4.78 is 5.33. The highest BCUT2D eigenvalue weighted by molar-refractivity contribution is 5.85. The third-order valence-corrected chi connectivity index (χ3v) is 1.97. The van der Waals surface area contributed by atoms with Gasteiger partial charge < -0.3 is 10.1 Å². The number of ether oxygens (including phenoxy) is 1. The molecule has 1 unspecified atom stereocenters. The Balaban J connectivity index is 0.000000845. The van der Waals surface area contributed by atoms with Crippen LogP contribution in [-0.4, -0.2) is 24.7 Å². The van der Waals surface area contributed by atoms with Gasteiger partial charge in [0.25, 0.3) is 0 Å². The van der Waals surface area contributed by atoms with Gasteiger partial charge in [0.15, 0.2) is 0 Å².